The maximum Gasteiger partial charge on any atom is 0.355 e. The predicted octanol–water partition coefficient (Wildman–Crippen LogP) is 1.75. The molecule has 1 aromatic carbocycles. The van der Waals surface area contributed by atoms with Crippen LogP contribution in [-0.2, 0) is 23.0 Å². The molecule has 0 saturated carbocycles. The molecule has 1 heterocycles. The quantitative estimate of drug-likeness (QED) is 0.574. The van der Waals surface area contributed by atoms with Gasteiger partial charge in [0.25, 0.3) is 5.91 Å². The first-order valence-corrected chi connectivity index (χ1v) is 8.14. The van der Waals surface area contributed by atoms with Crippen molar-refractivity contribution < 1.29 is 23.9 Å². The van der Waals surface area contributed by atoms with E-state index < -0.39 is 5.97 Å². The summed E-state index contributed by atoms with van der Waals surface area (Å²) in [5.41, 5.74) is 1.70. The summed E-state index contributed by atoms with van der Waals surface area (Å²) < 4.78 is 11.6. The second-order valence-corrected chi connectivity index (χ2v) is 5.81. The number of nitrogens with zero attached hydrogens (tertiary/aromatic N) is 1. The molecule has 0 aliphatic carbocycles. The largest absolute Gasteiger partial charge is 0.497 e. The highest BCUT2D eigenvalue weighted by Crippen LogP contribution is 2.11. The Hall–Kier alpha value is -3.09. The molecule has 26 heavy (non-hydrogen) atoms. The Morgan fingerprint density at radius 3 is 2.42 bits per heavy atom. The fourth-order valence-electron chi connectivity index (χ4n) is 2.35. The zero-order chi connectivity index (χ0) is 19.1. The van der Waals surface area contributed by atoms with Crippen molar-refractivity contribution >= 4 is 17.7 Å². The number of ketones is 1. The molecule has 7 nitrogen and oxygen atoms in total. The molecular weight excluding hydrogens is 336 g/mol. The van der Waals surface area contributed by atoms with Crippen LogP contribution < -0.4 is 10.1 Å². The number of benzene rings is 1. The van der Waals surface area contributed by atoms with Crippen LogP contribution in [0.2, 0.25) is 0 Å². The third-order valence-electron chi connectivity index (χ3n) is 3.85. The van der Waals surface area contributed by atoms with Crippen molar-refractivity contribution in [2.45, 2.75) is 13.3 Å². The standard InChI is InChI=1S/C19H22N2O5/c1-13(22)15-10-17(21(2)11-15)19(24)26-12-18(23)20-9-8-14-4-6-16(25-3)7-5-14/h4-7,10-11H,8-9,12H2,1-3H3,(H,20,23). The van der Waals surface area contributed by atoms with Crippen LogP contribution >= 0.6 is 0 Å². The summed E-state index contributed by atoms with van der Waals surface area (Å²) in [6, 6.07) is 9.01. The molecule has 2 aromatic rings. The smallest absolute Gasteiger partial charge is 0.355 e. The molecule has 2 rings (SSSR count). The molecule has 0 radical (unpaired) electrons. The third kappa shape index (κ3) is 5.20. The van der Waals surface area contributed by atoms with E-state index >= 15 is 0 Å². The van der Waals surface area contributed by atoms with Gasteiger partial charge in [-0.2, -0.15) is 0 Å². The molecule has 138 valence electrons. The van der Waals surface area contributed by atoms with Crippen molar-refractivity contribution in [2.75, 3.05) is 20.3 Å². The van der Waals surface area contributed by atoms with Gasteiger partial charge >= 0.3 is 5.97 Å². The van der Waals surface area contributed by atoms with E-state index in [2.05, 4.69) is 5.32 Å². The van der Waals surface area contributed by atoms with Crippen molar-refractivity contribution in [1.29, 1.82) is 0 Å². The van der Waals surface area contributed by atoms with Gasteiger partial charge < -0.3 is 19.4 Å². The Bertz CT molecular complexity index is 793. The lowest BCUT2D eigenvalue weighted by molar-refractivity contribution is -0.124. The number of carbonyl (C=O) groups excluding carboxylic acids is 3. The van der Waals surface area contributed by atoms with E-state index in [4.69, 9.17) is 9.47 Å². The van der Waals surface area contributed by atoms with Crippen molar-refractivity contribution in [2.24, 2.45) is 7.05 Å². The predicted molar refractivity (Wildman–Crippen MR) is 95.4 cm³/mol. The second-order valence-electron chi connectivity index (χ2n) is 5.81. The fourth-order valence-corrected chi connectivity index (χ4v) is 2.35. The Morgan fingerprint density at radius 1 is 1.15 bits per heavy atom. The van der Waals surface area contributed by atoms with Crippen molar-refractivity contribution in [3.8, 4) is 5.75 Å². The van der Waals surface area contributed by atoms with Crippen molar-refractivity contribution in [3.05, 3.63) is 53.3 Å². The number of hydrogen-bond acceptors (Lipinski definition) is 5. The maximum atomic E-state index is 12.0. The normalized spacial score (nSPS) is 10.3. The molecule has 0 aliphatic heterocycles. The molecule has 0 unspecified atom stereocenters. The van der Waals surface area contributed by atoms with Crippen LogP contribution in [0.5, 0.6) is 5.75 Å². The number of ether oxygens (including phenoxy) is 2. The summed E-state index contributed by atoms with van der Waals surface area (Å²) in [5.74, 6) is -0.396. The summed E-state index contributed by atoms with van der Waals surface area (Å²) >= 11 is 0. The molecular formula is C19H22N2O5. The monoisotopic (exact) mass is 358 g/mol. The van der Waals surface area contributed by atoms with Gasteiger partial charge in [0.05, 0.1) is 7.11 Å². The van der Waals surface area contributed by atoms with Gasteiger partial charge in [-0.3, -0.25) is 9.59 Å². The lowest BCUT2D eigenvalue weighted by atomic mass is 10.1. The number of amides is 1. The summed E-state index contributed by atoms with van der Waals surface area (Å²) in [6.07, 6.45) is 2.21. The molecule has 0 bridgehead atoms. The molecule has 0 atom stereocenters. The Kier molecular flexibility index (Phi) is 6.54. The van der Waals surface area contributed by atoms with Gasteiger partial charge in [-0.15, -0.1) is 0 Å². The molecule has 1 amide bonds. The topological polar surface area (TPSA) is 86.6 Å². The number of aryl methyl sites for hydroxylation is 1. The van der Waals surface area contributed by atoms with Gasteiger partial charge in [-0.05, 0) is 37.1 Å². The van der Waals surface area contributed by atoms with E-state index in [-0.39, 0.29) is 24.0 Å². The SMILES string of the molecule is COc1ccc(CCNC(=O)COC(=O)c2cc(C(C)=O)cn2C)cc1. The minimum atomic E-state index is -0.648. The van der Waals surface area contributed by atoms with Gasteiger partial charge in [-0.1, -0.05) is 12.1 Å². The van der Waals surface area contributed by atoms with Crippen molar-refractivity contribution in [1.82, 2.24) is 9.88 Å². The lowest BCUT2D eigenvalue weighted by Crippen LogP contribution is -2.30. The first-order valence-electron chi connectivity index (χ1n) is 8.14. The van der Waals surface area contributed by atoms with Crippen LogP contribution in [0.15, 0.2) is 36.5 Å². The van der Waals surface area contributed by atoms with E-state index in [0.29, 0.717) is 18.5 Å². The van der Waals surface area contributed by atoms with E-state index in [1.54, 1.807) is 20.4 Å². The van der Waals surface area contributed by atoms with Crippen LogP contribution in [0, 0.1) is 0 Å². The molecule has 0 spiro atoms. The average Bonchev–Trinajstić information content (AvgIpc) is 3.02. The summed E-state index contributed by atoms with van der Waals surface area (Å²) in [5, 5.41) is 2.70. The van der Waals surface area contributed by atoms with E-state index in [9.17, 15) is 14.4 Å². The number of nitrogens with one attached hydrogen (secondary N) is 1. The van der Waals surface area contributed by atoms with Gasteiger partial charge in [0.1, 0.15) is 11.4 Å². The van der Waals surface area contributed by atoms with Crippen molar-refractivity contribution in [3.63, 3.8) is 0 Å². The minimum absolute atomic E-state index is 0.143. The highest BCUT2D eigenvalue weighted by atomic mass is 16.5. The van der Waals surface area contributed by atoms with Crippen LogP contribution in [0.4, 0.5) is 0 Å². The molecule has 0 fully saturated rings. The summed E-state index contributed by atoms with van der Waals surface area (Å²) in [7, 11) is 3.24. The molecule has 1 N–H and O–H groups in total. The minimum Gasteiger partial charge on any atom is -0.497 e. The fraction of sp³-hybridized carbons (Fsp3) is 0.316. The van der Waals surface area contributed by atoms with Crippen LogP contribution in [0.25, 0.3) is 0 Å². The number of rotatable bonds is 8. The van der Waals surface area contributed by atoms with Gasteiger partial charge in [0.15, 0.2) is 12.4 Å². The first kappa shape index (κ1) is 19.2. The lowest BCUT2D eigenvalue weighted by Gasteiger charge is -2.07. The summed E-state index contributed by atoms with van der Waals surface area (Å²) in [4.78, 5) is 35.1. The molecule has 0 aliphatic rings. The Morgan fingerprint density at radius 2 is 1.85 bits per heavy atom. The zero-order valence-corrected chi connectivity index (χ0v) is 15.1. The number of aromatic nitrogens is 1. The van der Waals surface area contributed by atoms with Gasteiger partial charge in [-0.25, -0.2) is 4.79 Å². The van der Waals surface area contributed by atoms with Gasteiger partial charge in [0.2, 0.25) is 0 Å². The summed E-state index contributed by atoms with van der Waals surface area (Å²) in [6.45, 7) is 1.48. The number of carbonyl (C=O) groups is 3. The number of Topliss-reactive ketones (excluding diaryl/α,β-unsaturated/α-hetero) is 1. The second kappa shape index (κ2) is 8.84. The molecule has 0 saturated heterocycles. The van der Waals surface area contributed by atoms with Crippen LogP contribution in [0.3, 0.4) is 0 Å². The first-order chi connectivity index (χ1) is 12.4. The third-order valence-corrected chi connectivity index (χ3v) is 3.85. The highest BCUT2D eigenvalue weighted by Gasteiger charge is 2.16. The van der Waals surface area contributed by atoms with Gasteiger partial charge in [0, 0.05) is 25.4 Å². The van der Waals surface area contributed by atoms with Crippen LogP contribution in [0.1, 0.15) is 33.3 Å². The van der Waals surface area contributed by atoms with E-state index in [1.165, 1.54) is 17.6 Å². The maximum absolute atomic E-state index is 12.0. The van der Waals surface area contributed by atoms with E-state index in [0.717, 1.165) is 11.3 Å². The Balaban J connectivity index is 1.75. The Labute approximate surface area is 151 Å². The van der Waals surface area contributed by atoms with E-state index in [1.807, 2.05) is 24.3 Å². The molecule has 1 aromatic heterocycles. The number of methoxy groups -OCH3 is 1. The number of hydrogen-bond donors (Lipinski definition) is 1. The average molecular weight is 358 g/mol. The highest BCUT2D eigenvalue weighted by molar-refractivity contribution is 5.98. The van der Waals surface area contributed by atoms with Crippen LogP contribution in [-0.4, -0.2) is 42.5 Å². The zero-order valence-electron chi connectivity index (χ0n) is 15.1. The molecule has 7 heteroatoms. The number of esters is 1.